The number of esters is 2. The number of hydrogen-bond acceptors (Lipinski definition) is 6. The van der Waals surface area contributed by atoms with Gasteiger partial charge in [-0.3, -0.25) is 14.4 Å². The smallest absolute Gasteiger partial charge is 0.302 e. The topological polar surface area (TPSA) is 93.5 Å². The zero-order valence-electron chi connectivity index (χ0n) is 12.1. The lowest BCUT2D eigenvalue weighted by atomic mass is 9.85. The van der Waals surface area contributed by atoms with Crippen LogP contribution in [0.3, 0.4) is 0 Å². The van der Waals surface area contributed by atoms with Gasteiger partial charge in [-0.05, 0) is 24.3 Å². The maximum atomic E-state index is 11.7. The molecule has 1 unspecified atom stereocenters. The highest BCUT2D eigenvalue weighted by Crippen LogP contribution is 2.51. The van der Waals surface area contributed by atoms with Crippen molar-refractivity contribution in [2.24, 2.45) is 11.3 Å². The normalized spacial score (nSPS) is 22.7. The number of carbonyl (C=O) groups excluding carboxylic acids is 3. The summed E-state index contributed by atoms with van der Waals surface area (Å²) in [6, 6.07) is 1.97. The molecular weight excluding hydrogens is 274 g/mol. The minimum Gasteiger partial charge on any atom is -0.465 e. The average molecular weight is 291 g/mol. The first-order valence-corrected chi connectivity index (χ1v) is 6.80. The number of nitriles is 1. The quantitative estimate of drug-likeness (QED) is 0.725. The molecule has 1 saturated carbocycles. The van der Waals surface area contributed by atoms with Crippen molar-refractivity contribution in [2.75, 3.05) is 13.2 Å². The Morgan fingerprint density at radius 1 is 1.29 bits per heavy atom. The summed E-state index contributed by atoms with van der Waals surface area (Å²) >= 11 is 0. The number of ether oxygens (including phenoxy) is 2. The van der Waals surface area contributed by atoms with Crippen LogP contribution in [-0.4, -0.2) is 30.9 Å². The van der Waals surface area contributed by atoms with Crippen LogP contribution in [0.15, 0.2) is 11.1 Å². The van der Waals surface area contributed by atoms with Crippen LogP contribution in [0.25, 0.3) is 0 Å². The first-order chi connectivity index (χ1) is 9.87. The SMILES string of the molecule is CC(=O)OCC1(COC(C)=O)CC2=C(C#N)C(=O)CC2C1. The molecule has 6 nitrogen and oxygen atoms in total. The monoisotopic (exact) mass is 291 g/mol. The van der Waals surface area contributed by atoms with Crippen LogP contribution >= 0.6 is 0 Å². The third-order valence-corrected chi connectivity index (χ3v) is 4.04. The van der Waals surface area contributed by atoms with Gasteiger partial charge < -0.3 is 9.47 Å². The average Bonchev–Trinajstić information content (AvgIpc) is 2.87. The number of Topliss-reactive ketones (excluding diaryl/α,β-unsaturated/α-hetero) is 1. The molecule has 2 aliphatic rings. The molecule has 0 radical (unpaired) electrons. The highest BCUT2D eigenvalue weighted by atomic mass is 16.5. The van der Waals surface area contributed by atoms with E-state index >= 15 is 0 Å². The molecule has 6 heteroatoms. The summed E-state index contributed by atoms with van der Waals surface area (Å²) in [4.78, 5) is 33.8. The maximum Gasteiger partial charge on any atom is 0.302 e. The molecule has 0 bridgehead atoms. The first kappa shape index (κ1) is 15.2. The number of carbonyl (C=O) groups is 3. The van der Waals surface area contributed by atoms with E-state index < -0.39 is 17.4 Å². The Hall–Kier alpha value is -2.16. The number of hydrogen-bond donors (Lipinski definition) is 0. The highest BCUT2D eigenvalue weighted by Gasteiger charge is 2.49. The molecule has 2 aliphatic carbocycles. The van der Waals surface area contributed by atoms with E-state index in [1.54, 1.807) is 0 Å². The summed E-state index contributed by atoms with van der Waals surface area (Å²) in [6.45, 7) is 2.89. The van der Waals surface area contributed by atoms with E-state index in [1.165, 1.54) is 13.8 Å². The number of fused-ring (bicyclic) bond motifs is 1. The van der Waals surface area contributed by atoms with Crippen LogP contribution in [-0.2, 0) is 23.9 Å². The van der Waals surface area contributed by atoms with E-state index in [0.717, 1.165) is 5.57 Å². The Morgan fingerprint density at radius 2 is 1.86 bits per heavy atom. The second kappa shape index (κ2) is 5.68. The van der Waals surface area contributed by atoms with Crippen molar-refractivity contribution in [3.05, 3.63) is 11.1 Å². The number of ketones is 1. The summed E-state index contributed by atoms with van der Waals surface area (Å²) in [5.74, 6) is -0.927. The first-order valence-electron chi connectivity index (χ1n) is 6.80. The Kier molecular flexibility index (Phi) is 4.12. The second-order valence-corrected chi connectivity index (χ2v) is 5.78. The van der Waals surface area contributed by atoms with E-state index in [0.29, 0.717) is 19.3 Å². The predicted molar refractivity (Wildman–Crippen MR) is 70.7 cm³/mol. The van der Waals surface area contributed by atoms with Gasteiger partial charge in [-0.1, -0.05) is 0 Å². The zero-order chi connectivity index (χ0) is 15.6. The molecule has 0 N–H and O–H groups in total. The van der Waals surface area contributed by atoms with Crippen LogP contribution in [0.5, 0.6) is 0 Å². The molecule has 1 atom stereocenters. The molecule has 0 aromatic rings. The third kappa shape index (κ3) is 3.13. The van der Waals surface area contributed by atoms with E-state index in [9.17, 15) is 14.4 Å². The van der Waals surface area contributed by atoms with Gasteiger partial charge in [0.15, 0.2) is 5.78 Å². The van der Waals surface area contributed by atoms with E-state index in [-0.39, 0.29) is 30.5 Å². The molecule has 2 rings (SSSR count). The number of rotatable bonds is 4. The van der Waals surface area contributed by atoms with Crippen molar-refractivity contribution < 1.29 is 23.9 Å². The minimum atomic E-state index is -0.528. The van der Waals surface area contributed by atoms with Gasteiger partial charge in [0.2, 0.25) is 0 Å². The van der Waals surface area contributed by atoms with Gasteiger partial charge in [0, 0.05) is 25.7 Å². The van der Waals surface area contributed by atoms with Crippen LogP contribution in [0.4, 0.5) is 0 Å². The Balaban J connectivity index is 2.21. The van der Waals surface area contributed by atoms with Gasteiger partial charge >= 0.3 is 11.9 Å². The number of allylic oxidation sites excluding steroid dienone is 2. The fourth-order valence-electron chi connectivity index (χ4n) is 3.16. The molecule has 21 heavy (non-hydrogen) atoms. The van der Waals surface area contributed by atoms with Crippen molar-refractivity contribution >= 4 is 17.7 Å². The van der Waals surface area contributed by atoms with E-state index in [2.05, 4.69) is 0 Å². The van der Waals surface area contributed by atoms with Crippen LogP contribution in [0.2, 0.25) is 0 Å². The summed E-state index contributed by atoms with van der Waals surface area (Å²) in [5.41, 5.74) is 0.523. The molecule has 112 valence electrons. The summed E-state index contributed by atoms with van der Waals surface area (Å²) < 4.78 is 10.2. The Labute approximate surface area is 122 Å². The lowest BCUT2D eigenvalue weighted by Gasteiger charge is -2.28. The van der Waals surface area contributed by atoms with Gasteiger partial charge in [0.05, 0.1) is 5.57 Å². The van der Waals surface area contributed by atoms with Crippen LogP contribution in [0, 0.1) is 22.7 Å². The highest BCUT2D eigenvalue weighted by molar-refractivity contribution is 6.03. The van der Waals surface area contributed by atoms with Crippen LogP contribution < -0.4 is 0 Å². The van der Waals surface area contributed by atoms with Crippen molar-refractivity contribution in [3.8, 4) is 6.07 Å². The molecule has 0 aliphatic heterocycles. The zero-order valence-corrected chi connectivity index (χ0v) is 12.1. The predicted octanol–water partition coefficient (Wildman–Crippen LogP) is 1.30. The Bertz CT molecular complexity index is 551. The molecule has 0 aromatic heterocycles. The van der Waals surface area contributed by atoms with Gasteiger partial charge in [-0.15, -0.1) is 0 Å². The standard InChI is InChI=1S/C15H17NO5/c1-9(17)20-7-15(8-21-10(2)18)4-11-3-14(19)13(6-16)12(11)5-15/h11H,3-5,7-8H2,1-2H3. The fraction of sp³-hybridized carbons (Fsp3) is 0.600. The lowest BCUT2D eigenvalue weighted by Crippen LogP contribution is -2.32. The van der Waals surface area contributed by atoms with Crippen molar-refractivity contribution in [2.45, 2.75) is 33.1 Å². The number of nitrogens with zero attached hydrogens (tertiary/aromatic N) is 1. The van der Waals surface area contributed by atoms with E-state index in [1.807, 2.05) is 6.07 Å². The summed E-state index contributed by atoms with van der Waals surface area (Å²) in [5, 5.41) is 9.09. The molecule has 0 saturated heterocycles. The lowest BCUT2D eigenvalue weighted by molar-refractivity contribution is -0.151. The molecule has 0 amide bonds. The molecule has 0 aromatic carbocycles. The van der Waals surface area contributed by atoms with Gasteiger partial charge in [0.25, 0.3) is 0 Å². The van der Waals surface area contributed by atoms with Gasteiger partial charge in [-0.2, -0.15) is 5.26 Å². The van der Waals surface area contributed by atoms with Gasteiger partial charge in [-0.25, -0.2) is 0 Å². The summed E-state index contributed by atoms with van der Waals surface area (Å²) in [7, 11) is 0. The second-order valence-electron chi connectivity index (χ2n) is 5.78. The minimum absolute atomic E-state index is 0.00161. The van der Waals surface area contributed by atoms with E-state index in [4.69, 9.17) is 14.7 Å². The molecular formula is C15H17NO5. The summed E-state index contributed by atoms with van der Waals surface area (Å²) in [6.07, 6.45) is 1.35. The largest absolute Gasteiger partial charge is 0.465 e. The van der Waals surface area contributed by atoms with Crippen LogP contribution in [0.1, 0.15) is 33.1 Å². The van der Waals surface area contributed by atoms with Crippen molar-refractivity contribution in [1.82, 2.24) is 0 Å². The maximum absolute atomic E-state index is 11.7. The Morgan fingerprint density at radius 3 is 2.33 bits per heavy atom. The fourth-order valence-corrected chi connectivity index (χ4v) is 3.16. The molecule has 1 fully saturated rings. The van der Waals surface area contributed by atoms with Gasteiger partial charge in [0.1, 0.15) is 19.3 Å². The van der Waals surface area contributed by atoms with Crippen molar-refractivity contribution in [1.29, 1.82) is 5.26 Å². The molecule has 0 heterocycles. The molecule has 0 spiro atoms. The van der Waals surface area contributed by atoms with Crippen molar-refractivity contribution in [3.63, 3.8) is 0 Å². The third-order valence-electron chi connectivity index (χ3n) is 4.04.